The maximum Gasteiger partial charge on any atom is 0.0422 e. The predicted molar refractivity (Wildman–Crippen MR) is 83.9 cm³/mol. The topological polar surface area (TPSA) is 41.3 Å². The Labute approximate surface area is 120 Å². The lowest BCUT2D eigenvalue weighted by Gasteiger charge is -2.49. The fourth-order valence-corrected chi connectivity index (χ4v) is 4.26. The number of hydrogen-bond acceptors (Lipinski definition) is 3. The van der Waals surface area contributed by atoms with E-state index in [1.165, 1.54) is 32.1 Å². The summed E-state index contributed by atoms with van der Waals surface area (Å²) in [6.07, 6.45) is 9.09. The Bertz CT molecular complexity index is 240. The molecule has 0 aromatic rings. The van der Waals surface area contributed by atoms with E-state index >= 15 is 0 Å². The molecule has 3 heteroatoms. The van der Waals surface area contributed by atoms with E-state index in [0.29, 0.717) is 6.04 Å². The summed E-state index contributed by atoms with van der Waals surface area (Å²) in [6, 6.07) is 0.412. The van der Waals surface area contributed by atoms with Gasteiger partial charge in [-0.15, -0.1) is 0 Å². The zero-order valence-corrected chi connectivity index (χ0v) is 13.7. The van der Waals surface area contributed by atoms with Crippen LogP contribution in [0.5, 0.6) is 0 Å². The fraction of sp³-hybridized carbons (Fsp3) is 1.00. The average Bonchev–Trinajstić information content (AvgIpc) is 2.44. The molecule has 0 heterocycles. The van der Waals surface area contributed by atoms with Gasteiger partial charge in [0.1, 0.15) is 0 Å². The van der Waals surface area contributed by atoms with Gasteiger partial charge in [-0.05, 0) is 51.6 Å². The van der Waals surface area contributed by atoms with E-state index in [0.717, 1.165) is 24.7 Å². The second-order valence-electron chi connectivity index (χ2n) is 6.54. The van der Waals surface area contributed by atoms with Crippen LogP contribution in [0.25, 0.3) is 0 Å². The largest absolute Gasteiger partial charge is 0.302 e. The van der Waals surface area contributed by atoms with E-state index < -0.39 is 0 Å². The molecule has 19 heavy (non-hydrogen) atoms. The summed E-state index contributed by atoms with van der Waals surface area (Å²) in [5, 5.41) is 0. The first-order chi connectivity index (χ1) is 9.05. The summed E-state index contributed by atoms with van der Waals surface area (Å²) in [5.41, 5.74) is 3.38. The molecule has 3 N–H and O–H groups in total. The van der Waals surface area contributed by atoms with Gasteiger partial charge in [0.25, 0.3) is 0 Å². The van der Waals surface area contributed by atoms with Crippen LogP contribution < -0.4 is 11.3 Å². The summed E-state index contributed by atoms with van der Waals surface area (Å²) in [6.45, 7) is 6.92. The van der Waals surface area contributed by atoms with Gasteiger partial charge in [0.05, 0.1) is 0 Å². The molecule has 3 nitrogen and oxygen atoms in total. The lowest BCUT2D eigenvalue weighted by Crippen LogP contribution is -2.63. The Kier molecular flexibility index (Phi) is 6.78. The van der Waals surface area contributed by atoms with Gasteiger partial charge in [-0.3, -0.25) is 11.3 Å². The predicted octanol–water partition coefficient (Wildman–Crippen LogP) is 3.16. The molecule has 1 aliphatic carbocycles. The molecule has 0 radical (unpaired) electrons. The zero-order chi connectivity index (χ0) is 14.5. The molecular weight excluding hydrogens is 234 g/mol. The van der Waals surface area contributed by atoms with Crippen LogP contribution in [0.15, 0.2) is 0 Å². The molecular formula is C16H35N3. The average molecular weight is 269 g/mol. The minimum Gasteiger partial charge on any atom is -0.302 e. The van der Waals surface area contributed by atoms with Crippen molar-refractivity contribution >= 4 is 0 Å². The third kappa shape index (κ3) is 3.50. The molecule has 0 amide bonds. The van der Waals surface area contributed by atoms with Crippen molar-refractivity contribution in [1.82, 2.24) is 10.3 Å². The molecule has 1 aliphatic rings. The van der Waals surface area contributed by atoms with Gasteiger partial charge >= 0.3 is 0 Å². The minimum absolute atomic E-state index is 0.193. The molecule has 1 saturated carbocycles. The Morgan fingerprint density at radius 1 is 1.11 bits per heavy atom. The van der Waals surface area contributed by atoms with Crippen molar-refractivity contribution in [3.63, 3.8) is 0 Å². The van der Waals surface area contributed by atoms with Crippen LogP contribution >= 0.6 is 0 Å². The van der Waals surface area contributed by atoms with E-state index in [4.69, 9.17) is 5.84 Å². The lowest BCUT2D eigenvalue weighted by atomic mass is 9.70. The molecule has 1 unspecified atom stereocenters. The molecule has 0 spiro atoms. The van der Waals surface area contributed by atoms with E-state index in [-0.39, 0.29) is 5.54 Å². The first-order valence-electron chi connectivity index (χ1n) is 8.19. The van der Waals surface area contributed by atoms with Gasteiger partial charge in [0, 0.05) is 11.6 Å². The van der Waals surface area contributed by atoms with E-state index in [1.807, 2.05) is 0 Å². The van der Waals surface area contributed by atoms with Crippen molar-refractivity contribution in [3.8, 4) is 0 Å². The summed E-state index contributed by atoms with van der Waals surface area (Å²) >= 11 is 0. The quantitative estimate of drug-likeness (QED) is 0.551. The van der Waals surface area contributed by atoms with E-state index in [1.54, 1.807) is 0 Å². The SMILES string of the molecule is CCC1CCC(C(NN)C(CC)(CC)N(C)C)CC1. The van der Waals surface area contributed by atoms with E-state index in [2.05, 4.69) is 45.2 Å². The van der Waals surface area contributed by atoms with Gasteiger partial charge in [0.2, 0.25) is 0 Å². The van der Waals surface area contributed by atoms with Crippen molar-refractivity contribution in [2.75, 3.05) is 14.1 Å². The third-order valence-corrected chi connectivity index (χ3v) is 5.81. The highest BCUT2D eigenvalue weighted by Gasteiger charge is 2.42. The van der Waals surface area contributed by atoms with Gasteiger partial charge in [-0.1, -0.05) is 40.0 Å². The van der Waals surface area contributed by atoms with Crippen LogP contribution in [-0.4, -0.2) is 30.6 Å². The first kappa shape index (κ1) is 16.9. The summed E-state index contributed by atoms with van der Waals surface area (Å²) in [5.74, 6) is 7.65. The minimum atomic E-state index is 0.193. The summed E-state index contributed by atoms with van der Waals surface area (Å²) in [4.78, 5) is 2.39. The zero-order valence-electron chi connectivity index (χ0n) is 13.7. The Morgan fingerprint density at radius 2 is 1.63 bits per heavy atom. The monoisotopic (exact) mass is 269 g/mol. The number of hydrogen-bond donors (Lipinski definition) is 2. The number of rotatable bonds is 7. The van der Waals surface area contributed by atoms with Crippen molar-refractivity contribution in [3.05, 3.63) is 0 Å². The van der Waals surface area contributed by atoms with Gasteiger partial charge < -0.3 is 4.90 Å². The molecule has 1 atom stereocenters. The van der Waals surface area contributed by atoms with Gasteiger partial charge in [-0.25, -0.2) is 0 Å². The van der Waals surface area contributed by atoms with Gasteiger partial charge in [0.15, 0.2) is 0 Å². The third-order valence-electron chi connectivity index (χ3n) is 5.81. The summed E-state index contributed by atoms with van der Waals surface area (Å²) < 4.78 is 0. The number of likely N-dealkylation sites (N-methyl/N-ethyl adjacent to an activating group) is 1. The van der Waals surface area contributed by atoms with Crippen LogP contribution in [0.4, 0.5) is 0 Å². The van der Waals surface area contributed by atoms with E-state index in [9.17, 15) is 0 Å². The standard InChI is InChI=1S/C16H35N3/c1-6-13-9-11-14(12-10-13)15(18-17)16(7-2,8-3)19(4)5/h13-15,18H,6-12,17H2,1-5H3. The molecule has 0 bridgehead atoms. The summed E-state index contributed by atoms with van der Waals surface area (Å²) in [7, 11) is 4.41. The second kappa shape index (κ2) is 7.61. The van der Waals surface area contributed by atoms with Crippen molar-refractivity contribution < 1.29 is 0 Å². The van der Waals surface area contributed by atoms with Crippen LogP contribution in [0.1, 0.15) is 65.7 Å². The fourth-order valence-electron chi connectivity index (χ4n) is 4.26. The molecule has 0 aliphatic heterocycles. The number of nitrogens with zero attached hydrogens (tertiary/aromatic N) is 1. The number of nitrogens with one attached hydrogen (secondary N) is 1. The molecule has 114 valence electrons. The van der Waals surface area contributed by atoms with Crippen molar-refractivity contribution in [2.45, 2.75) is 77.3 Å². The molecule has 1 rings (SSSR count). The Hall–Kier alpha value is -0.120. The van der Waals surface area contributed by atoms with Crippen LogP contribution in [0, 0.1) is 11.8 Å². The Balaban J connectivity index is 2.81. The van der Waals surface area contributed by atoms with Crippen LogP contribution in [0.3, 0.4) is 0 Å². The number of hydrazine groups is 1. The van der Waals surface area contributed by atoms with Gasteiger partial charge in [-0.2, -0.15) is 0 Å². The lowest BCUT2D eigenvalue weighted by molar-refractivity contribution is 0.0431. The maximum atomic E-state index is 5.97. The highest BCUT2D eigenvalue weighted by molar-refractivity contribution is 5.00. The van der Waals surface area contributed by atoms with Crippen molar-refractivity contribution in [1.29, 1.82) is 0 Å². The smallest absolute Gasteiger partial charge is 0.0422 e. The Morgan fingerprint density at radius 3 is 1.95 bits per heavy atom. The highest BCUT2D eigenvalue weighted by Crippen LogP contribution is 2.38. The second-order valence-corrected chi connectivity index (χ2v) is 6.54. The molecule has 1 fully saturated rings. The normalized spacial score (nSPS) is 26.7. The number of nitrogens with two attached hydrogens (primary N) is 1. The van der Waals surface area contributed by atoms with Crippen LogP contribution in [0.2, 0.25) is 0 Å². The first-order valence-corrected chi connectivity index (χ1v) is 8.19. The highest BCUT2D eigenvalue weighted by atomic mass is 15.3. The van der Waals surface area contributed by atoms with Crippen LogP contribution in [-0.2, 0) is 0 Å². The molecule has 0 aromatic heterocycles. The molecule has 0 aromatic carbocycles. The van der Waals surface area contributed by atoms with Crippen molar-refractivity contribution in [2.24, 2.45) is 17.7 Å². The molecule has 0 saturated heterocycles. The maximum absolute atomic E-state index is 5.97.